The van der Waals surface area contributed by atoms with E-state index in [1.165, 1.54) is 25.7 Å². The fraction of sp³-hybridized carbons (Fsp3) is 0.611. The summed E-state index contributed by atoms with van der Waals surface area (Å²) in [6.45, 7) is 1.38. The normalized spacial score (nSPS) is 26.5. The van der Waals surface area contributed by atoms with Crippen molar-refractivity contribution in [2.45, 2.75) is 108 Å². The van der Waals surface area contributed by atoms with Crippen LogP contribution in [0.25, 0.3) is 0 Å². The average molecular weight is 623 g/mol. The molecule has 3 aliphatic heterocycles. The SMILES string of the molecule is O=C(NC(Cc1ccccc1)C(O)CN1CCCCCCCCCCCC(c2ccccc2)OC1=O)O[C@H]1CO[C@H]2OCC[C@H]21. The molecule has 0 aromatic heterocycles. The highest BCUT2D eigenvalue weighted by Gasteiger charge is 2.44. The summed E-state index contributed by atoms with van der Waals surface area (Å²) in [6.07, 6.45) is 8.69. The van der Waals surface area contributed by atoms with E-state index >= 15 is 0 Å². The van der Waals surface area contributed by atoms with Crippen LogP contribution in [-0.4, -0.2) is 73.0 Å². The largest absolute Gasteiger partial charge is 0.443 e. The highest BCUT2D eigenvalue weighted by atomic mass is 16.7. The van der Waals surface area contributed by atoms with Crippen molar-refractivity contribution in [1.29, 1.82) is 0 Å². The van der Waals surface area contributed by atoms with Gasteiger partial charge in [-0.05, 0) is 43.2 Å². The van der Waals surface area contributed by atoms with Gasteiger partial charge in [-0.25, -0.2) is 9.59 Å². The highest BCUT2D eigenvalue weighted by molar-refractivity contribution is 5.69. The van der Waals surface area contributed by atoms with Gasteiger partial charge in [-0.15, -0.1) is 0 Å². The molecule has 0 radical (unpaired) electrons. The number of β-amino-alcohol motifs (C(OH)–C–C–N with tert-alkyl or cyclic N) is 1. The molecule has 246 valence electrons. The first-order valence-electron chi connectivity index (χ1n) is 17.0. The number of carbonyl (C=O) groups is 2. The summed E-state index contributed by atoms with van der Waals surface area (Å²) < 4.78 is 23.1. The third-order valence-electron chi connectivity index (χ3n) is 9.28. The summed E-state index contributed by atoms with van der Waals surface area (Å²) >= 11 is 0. The van der Waals surface area contributed by atoms with Gasteiger partial charge in [0.15, 0.2) is 6.29 Å². The summed E-state index contributed by atoms with van der Waals surface area (Å²) in [5, 5.41) is 14.5. The molecule has 2 aromatic carbocycles. The standard InChI is InChI=1S/C36H50N2O7/c39-31(30(24-27-16-10-8-11-17-27)37-35(40)44-33-26-43-34-29(33)21-23-42-34)25-38-22-15-7-5-3-1-2-4-6-14-20-32(45-36(38)41)28-18-12-9-13-19-28/h8-13,16-19,29-34,39H,1-7,14-15,20-26H2,(H,37,40)/t29-,30?,31?,32?,33-,34+/m0/s1. The minimum absolute atomic E-state index is 0.0145. The number of aliphatic hydroxyl groups is 1. The molecule has 2 aromatic rings. The monoisotopic (exact) mass is 622 g/mol. The number of nitrogens with one attached hydrogen (secondary N) is 1. The molecular weight excluding hydrogens is 572 g/mol. The Hall–Kier alpha value is -3.14. The Balaban J connectivity index is 1.28. The quantitative estimate of drug-likeness (QED) is 0.344. The van der Waals surface area contributed by atoms with Gasteiger partial charge in [0.1, 0.15) is 12.2 Å². The minimum Gasteiger partial charge on any atom is -0.443 e. The Bertz CT molecular complexity index is 1170. The van der Waals surface area contributed by atoms with E-state index in [1.807, 2.05) is 60.7 Å². The lowest BCUT2D eigenvalue weighted by Crippen LogP contribution is -2.51. The summed E-state index contributed by atoms with van der Waals surface area (Å²) in [5.74, 6) is 0.0145. The number of benzene rings is 2. The van der Waals surface area contributed by atoms with E-state index in [1.54, 1.807) is 4.90 Å². The molecule has 5 rings (SSSR count). The molecule has 3 aliphatic rings. The second-order valence-corrected chi connectivity index (χ2v) is 12.7. The molecule has 9 heteroatoms. The Morgan fingerprint density at radius 1 is 0.889 bits per heavy atom. The Labute approximate surface area is 267 Å². The van der Waals surface area contributed by atoms with Crippen molar-refractivity contribution in [1.82, 2.24) is 10.2 Å². The Kier molecular flexibility index (Phi) is 12.9. The molecule has 0 aliphatic carbocycles. The van der Waals surface area contributed by atoms with Gasteiger partial charge in [0.25, 0.3) is 0 Å². The zero-order chi connectivity index (χ0) is 31.3. The van der Waals surface area contributed by atoms with Gasteiger partial charge in [-0.3, -0.25) is 0 Å². The Morgan fingerprint density at radius 2 is 1.56 bits per heavy atom. The second-order valence-electron chi connectivity index (χ2n) is 12.7. The molecule has 2 N–H and O–H groups in total. The van der Waals surface area contributed by atoms with Crippen molar-refractivity contribution in [2.75, 3.05) is 26.3 Å². The van der Waals surface area contributed by atoms with Gasteiger partial charge in [0.2, 0.25) is 0 Å². The third-order valence-corrected chi connectivity index (χ3v) is 9.28. The van der Waals surface area contributed by atoms with Gasteiger partial charge in [-0.1, -0.05) is 106 Å². The molecular formula is C36H50N2O7. The van der Waals surface area contributed by atoms with Crippen molar-refractivity contribution in [3.05, 3.63) is 71.8 Å². The third kappa shape index (κ3) is 10.2. The van der Waals surface area contributed by atoms with Gasteiger partial charge in [0.05, 0.1) is 37.8 Å². The zero-order valence-electron chi connectivity index (χ0n) is 26.4. The Morgan fingerprint density at radius 3 is 2.29 bits per heavy atom. The lowest BCUT2D eigenvalue weighted by molar-refractivity contribution is -0.0907. The fourth-order valence-electron chi connectivity index (χ4n) is 6.66. The number of amides is 2. The second kappa shape index (κ2) is 17.5. The van der Waals surface area contributed by atoms with Gasteiger partial charge < -0.3 is 34.3 Å². The fourth-order valence-corrected chi connectivity index (χ4v) is 6.66. The van der Waals surface area contributed by atoms with Crippen molar-refractivity contribution in [3.8, 4) is 0 Å². The number of carbonyl (C=O) groups excluding carboxylic acids is 2. The van der Waals surface area contributed by atoms with Gasteiger partial charge in [0, 0.05) is 6.54 Å². The van der Waals surface area contributed by atoms with E-state index in [4.69, 9.17) is 18.9 Å². The number of hydrogen-bond acceptors (Lipinski definition) is 7. The summed E-state index contributed by atoms with van der Waals surface area (Å²) in [7, 11) is 0. The average Bonchev–Trinajstić information content (AvgIpc) is 3.67. The number of aliphatic hydroxyl groups excluding tert-OH is 1. The summed E-state index contributed by atoms with van der Waals surface area (Å²) in [5.41, 5.74) is 1.94. The van der Waals surface area contributed by atoms with Crippen LogP contribution < -0.4 is 5.32 Å². The number of fused-ring (bicyclic) bond motifs is 1. The lowest BCUT2D eigenvalue weighted by atomic mass is 10.0. The van der Waals surface area contributed by atoms with E-state index in [0.717, 1.165) is 56.1 Å². The van der Waals surface area contributed by atoms with Gasteiger partial charge in [-0.2, -0.15) is 0 Å². The van der Waals surface area contributed by atoms with E-state index < -0.39 is 30.4 Å². The molecule has 3 heterocycles. The van der Waals surface area contributed by atoms with Crippen LogP contribution in [0.1, 0.15) is 87.9 Å². The molecule has 3 fully saturated rings. The molecule has 0 spiro atoms. The molecule has 2 amide bonds. The molecule has 45 heavy (non-hydrogen) atoms. The van der Waals surface area contributed by atoms with Crippen molar-refractivity contribution in [2.24, 2.45) is 5.92 Å². The number of hydrogen-bond donors (Lipinski definition) is 2. The maximum Gasteiger partial charge on any atom is 0.410 e. The van der Waals surface area contributed by atoms with E-state index in [2.05, 4.69) is 5.32 Å². The van der Waals surface area contributed by atoms with Crippen LogP contribution in [0.4, 0.5) is 9.59 Å². The first-order chi connectivity index (χ1) is 22.1. The van der Waals surface area contributed by atoms with E-state index in [-0.39, 0.29) is 31.5 Å². The van der Waals surface area contributed by atoms with Crippen molar-refractivity contribution < 1.29 is 33.6 Å². The van der Waals surface area contributed by atoms with Crippen LogP contribution in [0, 0.1) is 5.92 Å². The highest BCUT2D eigenvalue weighted by Crippen LogP contribution is 2.33. The molecule has 0 bridgehead atoms. The topological polar surface area (TPSA) is 107 Å². The molecule has 3 saturated heterocycles. The molecule has 9 nitrogen and oxygen atoms in total. The van der Waals surface area contributed by atoms with Crippen LogP contribution in [0.3, 0.4) is 0 Å². The van der Waals surface area contributed by atoms with Crippen LogP contribution in [0.15, 0.2) is 60.7 Å². The van der Waals surface area contributed by atoms with E-state index in [9.17, 15) is 14.7 Å². The smallest absolute Gasteiger partial charge is 0.410 e. The first-order valence-corrected chi connectivity index (χ1v) is 17.0. The lowest BCUT2D eigenvalue weighted by Gasteiger charge is -2.31. The number of nitrogens with zero attached hydrogens (tertiary/aromatic N) is 1. The number of ether oxygens (including phenoxy) is 4. The summed E-state index contributed by atoms with van der Waals surface area (Å²) in [6, 6.07) is 18.9. The molecule has 6 atom stereocenters. The van der Waals surface area contributed by atoms with Gasteiger partial charge >= 0.3 is 12.2 Å². The predicted octanol–water partition coefficient (Wildman–Crippen LogP) is 6.54. The number of rotatable bonds is 8. The predicted molar refractivity (Wildman–Crippen MR) is 171 cm³/mol. The maximum atomic E-state index is 13.8. The minimum atomic E-state index is -1.05. The molecule has 3 unspecified atom stereocenters. The summed E-state index contributed by atoms with van der Waals surface area (Å²) in [4.78, 5) is 28.5. The molecule has 0 saturated carbocycles. The first kappa shape index (κ1) is 33.2. The number of cyclic esters (lactones) is 1. The maximum absolute atomic E-state index is 13.8. The van der Waals surface area contributed by atoms with Crippen LogP contribution in [0.2, 0.25) is 0 Å². The van der Waals surface area contributed by atoms with Crippen molar-refractivity contribution in [3.63, 3.8) is 0 Å². The van der Waals surface area contributed by atoms with E-state index in [0.29, 0.717) is 19.6 Å². The van der Waals surface area contributed by atoms with Crippen molar-refractivity contribution >= 4 is 12.2 Å². The van der Waals surface area contributed by atoms with Crippen LogP contribution >= 0.6 is 0 Å². The zero-order valence-corrected chi connectivity index (χ0v) is 26.4. The van der Waals surface area contributed by atoms with Crippen LogP contribution in [0.5, 0.6) is 0 Å². The van der Waals surface area contributed by atoms with Crippen LogP contribution in [-0.2, 0) is 25.4 Å². The number of alkyl carbamates (subject to hydrolysis) is 1.